The molecule has 1 N–H and O–H groups in total. The molecule has 0 aliphatic rings. The summed E-state index contributed by atoms with van der Waals surface area (Å²) in [5, 5.41) is 8.73. The lowest BCUT2D eigenvalue weighted by molar-refractivity contribution is -0.138. The third kappa shape index (κ3) is 21.4. The summed E-state index contributed by atoms with van der Waals surface area (Å²) in [6, 6.07) is 0. The molecule has 2 heteroatoms. The van der Waals surface area contributed by atoms with Crippen molar-refractivity contribution in [2.75, 3.05) is 0 Å². The number of hydrogen-bond acceptors (Lipinski definition) is 1. The maximum Gasteiger partial charge on any atom is 0.303 e. The first kappa shape index (κ1) is 24.5. The lowest BCUT2D eigenvalue weighted by Gasteiger charge is -2.08. The summed E-state index contributed by atoms with van der Waals surface area (Å²) >= 11 is 0. The molecule has 0 spiro atoms. The highest BCUT2D eigenvalue weighted by atomic mass is 16.4. The van der Waals surface area contributed by atoms with Crippen molar-refractivity contribution in [3.63, 3.8) is 0 Å². The van der Waals surface area contributed by atoms with E-state index in [4.69, 9.17) is 5.11 Å². The van der Waals surface area contributed by atoms with Gasteiger partial charge >= 0.3 is 5.97 Å². The Hall–Kier alpha value is -0.530. The Morgan fingerprint density at radius 3 is 1.28 bits per heavy atom. The van der Waals surface area contributed by atoms with E-state index in [1.165, 1.54) is 109 Å². The zero-order chi connectivity index (χ0) is 18.6. The summed E-state index contributed by atoms with van der Waals surface area (Å²) in [5.74, 6) is -0.312. The second-order valence-corrected chi connectivity index (χ2v) is 8.15. The summed E-state index contributed by atoms with van der Waals surface area (Å²) in [6.45, 7) is 4.34. The van der Waals surface area contributed by atoms with Crippen LogP contribution in [0.1, 0.15) is 136 Å². The van der Waals surface area contributed by atoms with Crippen LogP contribution in [0.4, 0.5) is 0 Å². The molecule has 150 valence electrons. The van der Waals surface area contributed by atoms with Gasteiger partial charge in [-0.2, -0.15) is 0 Å². The molecule has 0 aromatic carbocycles. The topological polar surface area (TPSA) is 37.3 Å². The highest BCUT2D eigenvalue weighted by Gasteiger charge is 2.06. The van der Waals surface area contributed by atoms with Gasteiger partial charge in [-0.1, -0.05) is 129 Å². The molecule has 25 heavy (non-hydrogen) atoms. The van der Waals surface area contributed by atoms with Crippen LogP contribution in [0.15, 0.2) is 0 Å². The minimum absolute atomic E-state index is 0.332. The van der Waals surface area contributed by atoms with Gasteiger partial charge in [-0.3, -0.25) is 4.79 Å². The average Bonchev–Trinajstić information content (AvgIpc) is 2.57. The van der Waals surface area contributed by atoms with E-state index in [9.17, 15) is 4.79 Å². The smallest absolute Gasteiger partial charge is 0.303 e. The number of aliphatic carboxylic acids is 1. The van der Waals surface area contributed by atoms with Crippen LogP contribution in [-0.2, 0) is 4.79 Å². The predicted octanol–water partition coefficient (Wildman–Crippen LogP) is 8.14. The molecule has 0 rings (SSSR count). The first-order chi connectivity index (χ1) is 12.2. The Morgan fingerprint density at radius 1 is 0.640 bits per heavy atom. The van der Waals surface area contributed by atoms with Gasteiger partial charge in [-0.15, -0.1) is 0 Å². The molecule has 2 nitrogen and oxygen atoms in total. The van der Waals surface area contributed by atoms with Gasteiger partial charge in [0.15, 0.2) is 0 Å². The highest BCUT2D eigenvalue weighted by molar-refractivity contribution is 5.66. The molecule has 0 bridgehead atoms. The first-order valence-corrected chi connectivity index (χ1v) is 11.4. The number of carbonyl (C=O) groups is 1. The number of rotatable bonds is 20. The molecule has 0 saturated carbocycles. The van der Waals surface area contributed by atoms with E-state index in [1.807, 2.05) is 0 Å². The second-order valence-electron chi connectivity index (χ2n) is 8.15. The van der Waals surface area contributed by atoms with Gasteiger partial charge in [-0.25, -0.2) is 0 Å². The van der Waals surface area contributed by atoms with Crippen LogP contribution in [0, 0.1) is 5.92 Å². The van der Waals surface area contributed by atoms with E-state index in [0.717, 1.165) is 6.42 Å². The standard InChI is InChI=1S/C23H46O2/c1-3-4-5-6-7-8-9-10-11-12-13-14-15-16-17-18-19-20-22(2)21-23(24)25/h22H,3-21H2,1-2H3,(H,24,25). The largest absolute Gasteiger partial charge is 0.481 e. The predicted molar refractivity (Wildman–Crippen MR) is 110 cm³/mol. The van der Waals surface area contributed by atoms with Crippen molar-refractivity contribution in [1.82, 2.24) is 0 Å². The summed E-state index contributed by atoms with van der Waals surface area (Å²) in [7, 11) is 0. The Kier molecular flexibility index (Phi) is 19.4. The van der Waals surface area contributed by atoms with Crippen molar-refractivity contribution in [3.05, 3.63) is 0 Å². The minimum Gasteiger partial charge on any atom is -0.481 e. The van der Waals surface area contributed by atoms with Crippen molar-refractivity contribution >= 4 is 5.97 Å². The fourth-order valence-electron chi connectivity index (χ4n) is 3.62. The van der Waals surface area contributed by atoms with E-state index >= 15 is 0 Å². The van der Waals surface area contributed by atoms with Crippen molar-refractivity contribution in [3.8, 4) is 0 Å². The quantitative estimate of drug-likeness (QED) is 0.224. The lowest BCUT2D eigenvalue weighted by Crippen LogP contribution is -2.03. The average molecular weight is 355 g/mol. The van der Waals surface area contributed by atoms with Crippen molar-refractivity contribution < 1.29 is 9.90 Å². The molecule has 0 aromatic rings. The normalized spacial score (nSPS) is 12.4. The lowest BCUT2D eigenvalue weighted by atomic mass is 9.99. The van der Waals surface area contributed by atoms with E-state index in [-0.39, 0.29) is 0 Å². The molecule has 0 aliphatic heterocycles. The number of hydrogen-bond donors (Lipinski definition) is 1. The molecule has 0 aliphatic carbocycles. The van der Waals surface area contributed by atoms with Gasteiger partial charge in [0.05, 0.1) is 0 Å². The minimum atomic E-state index is -0.653. The van der Waals surface area contributed by atoms with Crippen molar-refractivity contribution in [2.45, 2.75) is 136 Å². The fraction of sp³-hybridized carbons (Fsp3) is 0.957. The van der Waals surface area contributed by atoms with Gasteiger partial charge in [0, 0.05) is 6.42 Å². The summed E-state index contributed by atoms with van der Waals surface area (Å²) in [6.07, 6.45) is 25.2. The molecule has 0 radical (unpaired) electrons. The summed E-state index contributed by atoms with van der Waals surface area (Å²) < 4.78 is 0. The van der Waals surface area contributed by atoms with Gasteiger partial charge in [-0.05, 0) is 5.92 Å². The van der Waals surface area contributed by atoms with Gasteiger partial charge in [0.2, 0.25) is 0 Å². The van der Waals surface area contributed by atoms with Crippen LogP contribution in [0.2, 0.25) is 0 Å². The maximum atomic E-state index is 10.6. The van der Waals surface area contributed by atoms with Crippen LogP contribution >= 0.6 is 0 Å². The van der Waals surface area contributed by atoms with Crippen molar-refractivity contribution in [1.29, 1.82) is 0 Å². The van der Waals surface area contributed by atoms with Crippen molar-refractivity contribution in [2.24, 2.45) is 5.92 Å². The Balaban J connectivity index is 3.06. The highest BCUT2D eigenvalue weighted by Crippen LogP contribution is 2.16. The van der Waals surface area contributed by atoms with Gasteiger partial charge in [0.1, 0.15) is 0 Å². The van der Waals surface area contributed by atoms with Crippen LogP contribution in [-0.4, -0.2) is 11.1 Å². The van der Waals surface area contributed by atoms with Gasteiger partial charge in [0.25, 0.3) is 0 Å². The van der Waals surface area contributed by atoms with Crippen LogP contribution < -0.4 is 0 Å². The summed E-state index contributed by atoms with van der Waals surface area (Å²) in [5.41, 5.74) is 0. The van der Waals surface area contributed by atoms with E-state index in [2.05, 4.69) is 13.8 Å². The third-order valence-electron chi connectivity index (χ3n) is 5.32. The van der Waals surface area contributed by atoms with Gasteiger partial charge < -0.3 is 5.11 Å². The monoisotopic (exact) mass is 354 g/mol. The zero-order valence-corrected chi connectivity index (χ0v) is 17.4. The number of carboxylic acid groups (broad SMARTS) is 1. The first-order valence-electron chi connectivity index (χ1n) is 11.4. The molecule has 0 saturated heterocycles. The van der Waals surface area contributed by atoms with Crippen LogP contribution in [0.25, 0.3) is 0 Å². The van der Waals surface area contributed by atoms with Crippen LogP contribution in [0.5, 0.6) is 0 Å². The van der Waals surface area contributed by atoms with Crippen LogP contribution in [0.3, 0.4) is 0 Å². The third-order valence-corrected chi connectivity index (χ3v) is 5.32. The molecule has 0 aromatic heterocycles. The van der Waals surface area contributed by atoms with E-state index in [1.54, 1.807) is 0 Å². The maximum absolute atomic E-state index is 10.6. The molecule has 0 amide bonds. The molecule has 1 unspecified atom stereocenters. The molecular formula is C23H46O2. The molecule has 1 atom stereocenters. The molecular weight excluding hydrogens is 308 g/mol. The molecule has 0 heterocycles. The number of unbranched alkanes of at least 4 members (excludes halogenated alkanes) is 16. The Bertz CT molecular complexity index is 275. The zero-order valence-electron chi connectivity index (χ0n) is 17.4. The second kappa shape index (κ2) is 19.8. The summed E-state index contributed by atoms with van der Waals surface area (Å²) in [4.78, 5) is 10.6. The Morgan fingerprint density at radius 2 is 0.960 bits per heavy atom. The van der Waals surface area contributed by atoms with E-state index < -0.39 is 5.97 Å². The Labute approximate surface area is 158 Å². The SMILES string of the molecule is CCCCCCCCCCCCCCCCCCCC(C)CC(=O)O. The number of carboxylic acids is 1. The fourth-order valence-corrected chi connectivity index (χ4v) is 3.62. The molecule has 0 fully saturated rings. The van der Waals surface area contributed by atoms with E-state index in [0.29, 0.717) is 12.3 Å².